The van der Waals surface area contributed by atoms with Crippen LogP contribution in [0.4, 0.5) is 27.8 Å². The van der Waals surface area contributed by atoms with E-state index in [1.165, 1.54) is 6.92 Å². The summed E-state index contributed by atoms with van der Waals surface area (Å²) in [6.45, 7) is 1.33. The number of fused-ring (bicyclic) bond motifs is 1. The van der Waals surface area contributed by atoms with Crippen LogP contribution in [0.1, 0.15) is 32.1 Å². The Kier molecular flexibility index (Phi) is 5.47. The second kappa shape index (κ2) is 8.17. The van der Waals surface area contributed by atoms with E-state index in [0.717, 1.165) is 42.7 Å². The van der Waals surface area contributed by atoms with E-state index in [0.29, 0.717) is 4.57 Å². The number of rotatable bonds is 4. The number of hydrogen-bond donors (Lipinski definition) is 2. The number of carbonyl (C=O) groups excluding carboxylic acids is 1. The number of anilines is 1. The first-order valence-corrected chi connectivity index (χ1v) is 9.39. The Bertz CT molecular complexity index is 1430. The number of amides is 1. The van der Waals surface area contributed by atoms with Crippen LogP contribution >= 0.6 is 0 Å². The Labute approximate surface area is 186 Å². The topological polar surface area (TPSA) is 110 Å². The highest BCUT2D eigenvalue weighted by atomic mass is 19.4. The van der Waals surface area contributed by atoms with Gasteiger partial charge in [0.15, 0.2) is 11.6 Å². The van der Waals surface area contributed by atoms with E-state index >= 15 is 0 Å². The van der Waals surface area contributed by atoms with Gasteiger partial charge in [-0.3, -0.25) is 9.36 Å². The molecule has 0 aliphatic heterocycles. The van der Waals surface area contributed by atoms with Gasteiger partial charge in [0.1, 0.15) is 17.2 Å². The molecule has 0 unspecified atom stereocenters. The zero-order valence-corrected chi connectivity index (χ0v) is 17.0. The zero-order chi connectivity index (χ0) is 24.8. The number of halogens is 5. The zero-order valence-electron chi connectivity index (χ0n) is 17.0. The van der Waals surface area contributed by atoms with E-state index in [9.17, 15) is 36.6 Å². The molecule has 1 amide bonds. The van der Waals surface area contributed by atoms with Crippen LogP contribution in [0.5, 0.6) is 0 Å². The van der Waals surface area contributed by atoms with E-state index in [1.807, 2.05) is 0 Å². The number of benzene rings is 2. The number of aromatic nitrogens is 4. The number of carboxylic acid groups (broad SMARTS) is 1. The highest BCUT2D eigenvalue weighted by Gasteiger charge is 2.39. The summed E-state index contributed by atoms with van der Waals surface area (Å²) in [6.07, 6.45) is -3.13. The molecule has 2 heterocycles. The summed E-state index contributed by atoms with van der Waals surface area (Å²) < 4.78 is 69.3. The maximum absolute atomic E-state index is 13.8. The molecule has 0 radical (unpaired) electrons. The SMILES string of the molecule is Cc1c(C(=O)O)ccc2c1nc(C(F)(F)F)n2-c1cnc(NC(=O)c2c(F)cccc2F)cn1. The van der Waals surface area contributed by atoms with Gasteiger partial charge in [-0.1, -0.05) is 6.07 Å². The van der Waals surface area contributed by atoms with E-state index < -0.39 is 41.1 Å². The Morgan fingerprint density at radius 2 is 1.71 bits per heavy atom. The fraction of sp³-hybridized carbons (Fsp3) is 0.0952. The number of nitrogens with one attached hydrogen (secondary N) is 1. The van der Waals surface area contributed by atoms with Gasteiger partial charge in [0.05, 0.1) is 29.0 Å². The Balaban J connectivity index is 1.76. The predicted octanol–water partition coefficient (Wildman–Crippen LogP) is 4.37. The molecule has 0 atom stereocenters. The summed E-state index contributed by atoms with van der Waals surface area (Å²) >= 11 is 0. The largest absolute Gasteiger partial charge is 0.478 e. The van der Waals surface area contributed by atoms with Gasteiger partial charge in [-0.15, -0.1) is 0 Å². The van der Waals surface area contributed by atoms with Crippen LogP contribution in [0.25, 0.3) is 16.9 Å². The highest BCUT2D eigenvalue weighted by molar-refractivity contribution is 6.04. The third-order valence-electron chi connectivity index (χ3n) is 4.86. The maximum Gasteiger partial charge on any atom is 0.450 e. The first-order chi connectivity index (χ1) is 16.0. The summed E-state index contributed by atoms with van der Waals surface area (Å²) in [4.78, 5) is 34.8. The van der Waals surface area contributed by atoms with Crippen molar-refractivity contribution in [1.29, 1.82) is 0 Å². The van der Waals surface area contributed by atoms with Gasteiger partial charge in [0.2, 0.25) is 5.82 Å². The number of aryl methyl sites for hydroxylation is 1. The Morgan fingerprint density at radius 3 is 2.26 bits per heavy atom. The van der Waals surface area contributed by atoms with Crippen molar-refractivity contribution in [2.24, 2.45) is 0 Å². The standard InChI is InChI=1S/C21H12F5N5O3/c1-9-10(19(33)34)5-6-13-17(9)30-20(21(24,25)26)31(13)15-8-27-14(7-28-15)29-18(32)16-11(22)3-2-4-12(16)23/h2-8H,1H3,(H,33,34)(H,27,29,32). The molecule has 0 aliphatic carbocycles. The van der Waals surface area contributed by atoms with Gasteiger partial charge in [0.25, 0.3) is 5.91 Å². The number of nitrogens with zero attached hydrogens (tertiary/aromatic N) is 4. The van der Waals surface area contributed by atoms with Crippen LogP contribution in [0, 0.1) is 18.6 Å². The van der Waals surface area contributed by atoms with Crippen molar-refractivity contribution in [3.8, 4) is 5.82 Å². The summed E-state index contributed by atoms with van der Waals surface area (Å²) in [5.41, 5.74) is -1.32. The van der Waals surface area contributed by atoms with E-state index in [-0.39, 0.29) is 33.8 Å². The molecule has 2 N–H and O–H groups in total. The number of hydrogen-bond acceptors (Lipinski definition) is 5. The molecule has 0 fully saturated rings. The average molecular weight is 477 g/mol. The highest BCUT2D eigenvalue weighted by Crippen LogP contribution is 2.35. The molecule has 2 aromatic carbocycles. The summed E-state index contributed by atoms with van der Waals surface area (Å²) in [5, 5.41) is 11.4. The molecule has 2 aromatic heterocycles. The van der Waals surface area contributed by atoms with Crippen molar-refractivity contribution in [3.05, 3.63) is 76.9 Å². The quantitative estimate of drug-likeness (QED) is 0.423. The van der Waals surface area contributed by atoms with Gasteiger partial charge < -0.3 is 10.4 Å². The van der Waals surface area contributed by atoms with Crippen LogP contribution in [0.3, 0.4) is 0 Å². The first-order valence-electron chi connectivity index (χ1n) is 9.39. The first kappa shape index (κ1) is 22.8. The molecule has 8 nitrogen and oxygen atoms in total. The maximum atomic E-state index is 13.8. The lowest BCUT2D eigenvalue weighted by atomic mass is 10.1. The minimum absolute atomic E-state index is 0.0259. The molecular weight excluding hydrogens is 465 g/mol. The lowest BCUT2D eigenvalue weighted by Crippen LogP contribution is -2.18. The van der Waals surface area contributed by atoms with Crippen LogP contribution in [-0.2, 0) is 6.18 Å². The summed E-state index contributed by atoms with van der Waals surface area (Å²) in [6, 6.07) is 5.14. The Hall–Kier alpha value is -4.42. The second-order valence-electron chi connectivity index (χ2n) is 6.99. The minimum atomic E-state index is -4.92. The van der Waals surface area contributed by atoms with Crippen LogP contribution in [0.2, 0.25) is 0 Å². The molecule has 34 heavy (non-hydrogen) atoms. The van der Waals surface area contributed by atoms with Gasteiger partial charge in [-0.2, -0.15) is 13.2 Å². The molecule has 4 rings (SSSR count). The predicted molar refractivity (Wildman–Crippen MR) is 108 cm³/mol. The number of imidazole rings is 1. The minimum Gasteiger partial charge on any atom is -0.478 e. The van der Waals surface area contributed by atoms with Crippen molar-refractivity contribution in [1.82, 2.24) is 19.5 Å². The van der Waals surface area contributed by atoms with Crippen molar-refractivity contribution < 1.29 is 36.6 Å². The molecule has 0 spiro atoms. The number of carbonyl (C=O) groups is 2. The summed E-state index contributed by atoms with van der Waals surface area (Å²) in [5.74, 6) is -6.71. The van der Waals surface area contributed by atoms with Gasteiger partial charge in [0, 0.05) is 0 Å². The molecule has 0 bridgehead atoms. The lowest BCUT2D eigenvalue weighted by Gasteiger charge is -2.11. The fourth-order valence-corrected chi connectivity index (χ4v) is 3.33. The van der Waals surface area contributed by atoms with Gasteiger partial charge in [-0.05, 0) is 36.8 Å². The van der Waals surface area contributed by atoms with Crippen LogP contribution in [0.15, 0.2) is 42.7 Å². The van der Waals surface area contributed by atoms with Crippen molar-refractivity contribution >= 4 is 28.7 Å². The third kappa shape index (κ3) is 3.91. The third-order valence-corrected chi connectivity index (χ3v) is 4.86. The van der Waals surface area contributed by atoms with Crippen molar-refractivity contribution in [3.63, 3.8) is 0 Å². The smallest absolute Gasteiger partial charge is 0.450 e. The van der Waals surface area contributed by atoms with Gasteiger partial charge in [-0.25, -0.2) is 28.5 Å². The average Bonchev–Trinajstić information content (AvgIpc) is 3.15. The lowest BCUT2D eigenvalue weighted by molar-refractivity contribution is -0.145. The molecular formula is C21H12F5N5O3. The van der Waals surface area contributed by atoms with E-state index in [4.69, 9.17) is 0 Å². The monoisotopic (exact) mass is 477 g/mol. The summed E-state index contributed by atoms with van der Waals surface area (Å²) in [7, 11) is 0. The van der Waals surface area contributed by atoms with E-state index in [1.54, 1.807) is 0 Å². The van der Waals surface area contributed by atoms with Gasteiger partial charge >= 0.3 is 12.1 Å². The number of carboxylic acids is 1. The molecule has 0 aliphatic rings. The van der Waals surface area contributed by atoms with Crippen LogP contribution < -0.4 is 5.32 Å². The van der Waals surface area contributed by atoms with Crippen molar-refractivity contribution in [2.45, 2.75) is 13.1 Å². The Morgan fingerprint density at radius 1 is 1.03 bits per heavy atom. The molecule has 4 aromatic rings. The van der Waals surface area contributed by atoms with Crippen molar-refractivity contribution in [2.75, 3.05) is 5.32 Å². The number of alkyl halides is 3. The second-order valence-corrected chi connectivity index (χ2v) is 6.99. The fourth-order valence-electron chi connectivity index (χ4n) is 3.33. The normalized spacial score (nSPS) is 11.6. The molecule has 0 saturated heterocycles. The number of aromatic carboxylic acids is 1. The van der Waals surface area contributed by atoms with E-state index in [2.05, 4.69) is 20.3 Å². The van der Waals surface area contributed by atoms with Crippen LogP contribution in [-0.4, -0.2) is 36.5 Å². The molecule has 0 saturated carbocycles. The molecule has 174 valence electrons. The molecule has 13 heteroatoms.